The Morgan fingerprint density at radius 3 is 1.41 bits per heavy atom. The Hall–Kier alpha value is -12.4. The van der Waals surface area contributed by atoms with Crippen LogP contribution in [0, 0.1) is 11.6 Å². The van der Waals surface area contributed by atoms with Crippen molar-refractivity contribution < 1.29 is 77.1 Å². The van der Waals surface area contributed by atoms with Crippen molar-refractivity contribution in [2.75, 3.05) is 21.3 Å². The molecule has 0 saturated carbocycles. The van der Waals surface area contributed by atoms with E-state index in [1.165, 1.54) is 65.8 Å². The van der Waals surface area contributed by atoms with E-state index in [0.29, 0.717) is 22.2 Å². The maximum Gasteiger partial charge on any atom is 0.573 e. The van der Waals surface area contributed by atoms with Crippen LogP contribution in [0.15, 0.2) is 286 Å². The Morgan fingerprint density at radius 1 is 0.405 bits per heavy atom. The van der Waals surface area contributed by atoms with Crippen molar-refractivity contribution in [2.45, 2.75) is 94.9 Å². The monoisotopic (exact) mass is 1620 g/mol. The number of alkyl halides is 9. The summed E-state index contributed by atoms with van der Waals surface area (Å²) in [5.74, 6) is 0.293. The van der Waals surface area contributed by atoms with Crippen LogP contribution in [-0.4, -0.2) is 53.7 Å². The lowest BCUT2D eigenvalue weighted by Gasteiger charge is -2.09. The molecule has 10 aromatic rings. The summed E-state index contributed by atoms with van der Waals surface area (Å²) in [4.78, 5) is 22.5. The van der Waals surface area contributed by atoms with E-state index in [9.17, 15) is 53.1 Å². The quantitative estimate of drug-likeness (QED) is 0.100. The number of rotatable bonds is 15. The van der Waals surface area contributed by atoms with E-state index in [0.717, 1.165) is 69.0 Å². The number of aromatic nitrogens is 3. The predicted octanol–water partition coefficient (Wildman–Crippen LogP) is 29.4. The number of ether oxygens (including phenoxy) is 4. The minimum absolute atomic E-state index is 0.153. The van der Waals surface area contributed by atoms with Crippen LogP contribution in [0.2, 0.25) is 5.02 Å². The van der Waals surface area contributed by atoms with Crippen molar-refractivity contribution in [1.82, 2.24) is 15.0 Å². The molecule has 21 heteroatoms. The number of carboxylic acid groups (broad SMARTS) is 1. The standard InChI is InChI=1S/C11H14O2.C10H8F4.C10H9F3O.C10H9F3.C10H10O2.C10H12O.C9H8ClF.C9H11N.2C8H9N/c1-4-5-9-6-10(12-2)8-11(7-9)13-3;1-2-3-7-4-5-8(6-9(7)11)10(12,13)14;1-2-4-8-5-3-6-9(7-8)14-10(11,12)13;1-2-5-8-6-3-4-7-9(8)10(11,12)13;1-2-4-8-5-3-6-9(7-8)10(11)12;1-3-6-9-7-4-5-8-10(9)11-2;1-2-3-7-4-5-8(11)6-9(7)10;1-3-8(2)9-4-6-10-7-5-9;1-2-5-8-6-3-4-7-9-8;1-2-4-8-5-3-6-9-7-8/h4-8H,1-3H3;2-6H,1H3;2-7H,1H3;2-7H,1H3;2-7H,1H3,(H,11,12);3-8H,1-2H3;2-6H,1H3;3-7H,1-2H3;2*2-7H,1H3/b5-4+;3-2+;4-2+;5-2+;4-2+;6-3+;3-2+;8-3+;5-2+;4-2+. The minimum atomic E-state index is -4.63. The van der Waals surface area contributed by atoms with Crippen molar-refractivity contribution in [2.24, 2.45) is 0 Å². The highest BCUT2D eigenvalue weighted by atomic mass is 35.5. The van der Waals surface area contributed by atoms with E-state index in [-0.39, 0.29) is 22.7 Å². The molecule has 0 unspecified atom stereocenters. The van der Waals surface area contributed by atoms with Crippen molar-refractivity contribution in [3.05, 3.63) is 375 Å². The lowest BCUT2D eigenvalue weighted by molar-refractivity contribution is -0.274. The van der Waals surface area contributed by atoms with Crippen molar-refractivity contribution in [3.8, 4) is 23.0 Å². The molecule has 3 aromatic heterocycles. The average Bonchev–Trinajstić information content (AvgIpc) is 0.830. The molecule has 0 aliphatic heterocycles. The summed E-state index contributed by atoms with van der Waals surface area (Å²) in [6.07, 6.45) is 30.6. The fraction of sp³-hybridized carbons (Fsp3) is 0.179. The molecular weight excluding hydrogens is 1520 g/mol. The highest BCUT2D eigenvalue weighted by Crippen LogP contribution is 2.33. The van der Waals surface area contributed by atoms with Crippen LogP contribution < -0.4 is 18.9 Å². The third-order valence-electron chi connectivity index (χ3n) is 14.4. The van der Waals surface area contributed by atoms with Crippen LogP contribution in [0.4, 0.5) is 48.3 Å². The van der Waals surface area contributed by atoms with Gasteiger partial charge in [0.1, 0.15) is 34.6 Å². The van der Waals surface area contributed by atoms with Crippen LogP contribution in [0.1, 0.15) is 153 Å². The molecule has 0 spiro atoms. The van der Waals surface area contributed by atoms with Gasteiger partial charge in [-0.25, -0.2) is 13.6 Å². The number of methoxy groups -OCH3 is 3. The maximum absolute atomic E-state index is 13.0. The number of pyridine rings is 3. The molecule has 0 aliphatic carbocycles. The smallest absolute Gasteiger partial charge is 0.497 e. The van der Waals surface area contributed by atoms with Crippen LogP contribution in [0.25, 0.3) is 60.3 Å². The van der Waals surface area contributed by atoms with Crippen LogP contribution in [-0.2, 0) is 12.4 Å². The molecule has 9 nitrogen and oxygen atoms in total. The summed E-state index contributed by atoms with van der Waals surface area (Å²) in [6.45, 7) is 21.0. The number of carboxylic acids is 1. The number of hydrogen-bond donors (Lipinski definition) is 1. The molecule has 7 aromatic carbocycles. The van der Waals surface area contributed by atoms with Gasteiger partial charge in [-0.2, -0.15) is 26.3 Å². The topological polar surface area (TPSA) is 113 Å². The van der Waals surface area contributed by atoms with Crippen molar-refractivity contribution in [1.29, 1.82) is 0 Å². The predicted molar refractivity (Wildman–Crippen MR) is 458 cm³/mol. The summed E-state index contributed by atoms with van der Waals surface area (Å²) in [5, 5.41) is 9.10. The second-order valence-corrected chi connectivity index (χ2v) is 23.6. The van der Waals surface area contributed by atoms with Gasteiger partial charge in [0.25, 0.3) is 0 Å². The summed E-state index contributed by atoms with van der Waals surface area (Å²) in [7, 11) is 4.98. The van der Waals surface area contributed by atoms with E-state index in [1.807, 2.05) is 231 Å². The molecule has 0 bridgehead atoms. The molecule has 10 rings (SSSR count). The van der Waals surface area contributed by atoms with Gasteiger partial charge in [-0.05, 0) is 230 Å². The summed E-state index contributed by atoms with van der Waals surface area (Å²) in [5.41, 5.74) is 8.47. The third kappa shape index (κ3) is 44.7. The first kappa shape index (κ1) is 102. The lowest BCUT2D eigenvalue weighted by Crippen LogP contribution is -2.17. The Morgan fingerprint density at radius 2 is 0.905 bits per heavy atom. The molecule has 614 valence electrons. The van der Waals surface area contributed by atoms with Gasteiger partial charge in [0.2, 0.25) is 0 Å². The van der Waals surface area contributed by atoms with Crippen LogP contribution in [0.5, 0.6) is 23.0 Å². The molecule has 0 radical (unpaired) electrons. The first-order valence-electron chi connectivity index (χ1n) is 35.9. The second-order valence-electron chi connectivity index (χ2n) is 23.2. The summed E-state index contributed by atoms with van der Waals surface area (Å²) >= 11 is 5.72. The minimum Gasteiger partial charge on any atom is -0.497 e. The van der Waals surface area contributed by atoms with Crippen molar-refractivity contribution in [3.63, 3.8) is 0 Å². The molecule has 0 fully saturated rings. The second kappa shape index (κ2) is 58.4. The SMILES string of the molecule is C/C=C(\C)c1ccncc1.C/C=C/c1cc(OC)cc(OC)c1.C/C=C/c1ccc(C(F)(F)F)cc1F.C/C=C/c1ccc(F)cc1Cl.C/C=C/c1cccc(C(=O)O)c1.C/C=C/c1cccc(OC(F)(F)F)c1.C/C=C/c1ccccc1C(F)(F)F.C/C=C/c1ccccc1OC.C/C=C/c1ccccn1.C/C=C/c1cccnc1. The largest absolute Gasteiger partial charge is 0.573 e. The zero-order valence-corrected chi connectivity index (χ0v) is 68.0. The summed E-state index contributed by atoms with van der Waals surface area (Å²) < 4.78 is 153. The molecule has 3 heterocycles. The number of nitrogens with zero attached hydrogens (tertiary/aromatic N) is 3. The highest BCUT2D eigenvalue weighted by molar-refractivity contribution is 6.32. The fourth-order valence-corrected chi connectivity index (χ4v) is 9.32. The van der Waals surface area contributed by atoms with Crippen molar-refractivity contribution >= 4 is 77.8 Å². The number of halogens is 12. The Bertz CT molecular complexity index is 4670. The number of hydrogen-bond acceptors (Lipinski definition) is 8. The van der Waals surface area contributed by atoms with E-state index in [1.54, 1.807) is 115 Å². The number of aromatic carboxylic acids is 1. The zero-order valence-electron chi connectivity index (χ0n) is 67.2. The number of benzene rings is 7. The molecule has 0 atom stereocenters. The molecule has 1 N–H and O–H groups in total. The number of para-hydroxylation sites is 1. The van der Waals surface area contributed by atoms with Gasteiger partial charge >= 0.3 is 24.7 Å². The third-order valence-corrected chi connectivity index (χ3v) is 14.7. The maximum atomic E-state index is 13.0. The zero-order chi connectivity index (χ0) is 86.7. The number of carbonyl (C=O) groups is 1. The molecule has 0 amide bonds. The number of allylic oxidation sites excluding steroid dienone is 11. The van der Waals surface area contributed by atoms with Gasteiger partial charge < -0.3 is 24.1 Å². The van der Waals surface area contributed by atoms with Gasteiger partial charge in [0, 0.05) is 48.2 Å². The summed E-state index contributed by atoms with van der Waals surface area (Å²) in [6, 6.07) is 52.5. The van der Waals surface area contributed by atoms with Crippen LogP contribution in [0.3, 0.4) is 0 Å². The van der Waals surface area contributed by atoms with Crippen LogP contribution >= 0.6 is 11.6 Å². The molecule has 0 saturated heterocycles. The normalized spacial score (nSPS) is 11.2. The first-order valence-corrected chi connectivity index (χ1v) is 36.3. The van der Waals surface area contributed by atoms with Gasteiger partial charge in [0.05, 0.1) is 48.7 Å². The molecule has 0 aliphatic rings. The lowest BCUT2D eigenvalue weighted by atomic mass is 10.1. The Balaban J connectivity index is 0.000000646. The van der Waals surface area contributed by atoms with Gasteiger partial charge in [0.15, 0.2) is 0 Å². The first-order chi connectivity index (χ1) is 55.4. The Kier molecular flexibility index (Phi) is 51.2. The van der Waals surface area contributed by atoms with Gasteiger partial charge in [-0.15, -0.1) is 13.2 Å². The van der Waals surface area contributed by atoms with E-state index < -0.39 is 41.6 Å². The molecular formula is C95H99ClF11N3O6. The average molecular weight is 1620 g/mol. The van der Waals surface area contributed by atoms with E-state index in [4.69, 9.17) is 30.9 Å². The highest BCUT2D eigenvalue weighted by Gasteiger charge is 2.33. The van der Waals surface area contributed by atoms with Gasteiger partial charge in [-0.1, -0.05) is 206 Å². The van der Waals surface area contributed by atoms with E-state index in [2.05, 4.69) is 32.7 Å². The Labute approximate surface area is 680 Å². The van der Waals surface area contributed by atoms with Gasteiger partial charge in [-0.3, -0.25) is 15.0 Å². The van der Waals surface area contributed by atoms with E-state index >= 15 is 0 Å². The molecule has 116 heavy (non-hydrogen) atoms. The fourth-order valence-electron chi connectivity index (χ4n) is 9.09.